The van der Waals surface area contributed by atoms with Gasteiger partial charge in [0.2, 0.25) is 0 Å². The Morgan fingerprint density at radius 1 is 0.458 bits per heavy atom. The van der Waals surface area contributed by atoms with Crippen LogP contribution in [0.5, 0.6) is 0 Å². The van der Waals surface area contributed by atoms with Gasteiger partial charge in [0.1, 0.15) is 0 Å². The molecular weight excluding hydrogens is 502 g/mol. The summed E-state index contributed by atoms with van der Waals surface area (Å²) in [5, 5.41) is 0. The zero-order chi connectivity index (χ0) is 17.8. The third kappa shape index (κ3) is 7.94. The molecular formula is C22H34Sn2. The summed E-state index contributed by atoms with van der Waals surface area (Å²) in [6, 6.07) is 18.8. The molecule has 0 bridgehead atoms. The fourth-order valence-electron chi connectivity index (χ4n) is 3.16. The average Bonchev–Trinajstić information content (AvgIpc) is 2.45. The number of rotatable bonds is 7. The average molecular weight is 536 g/mol. The molecule has 0 atom stereocenters. The second kappa shape index (κ2) is 8.61. The topological polar surface area (TPSA) is 0 Å². The van der Waals surface area contributed by atoms with Gasteiger partial charge in [0.15, 0.2) is 0 Å². The fourth-order valence-corrected chi connectivity index (χ4v) is 11.5. The van der Waals surface area contributed by atoms with E-state index in [-0.39, 0.29) is 0 Å². The summed E-state index contributed by atoms with van der Waals surface area (Å²) in [5.74, 6) is 0. The fraction of sp³-hybridized carbons (Fsp3) is 0.455. The molecule has 0 aliphatic carbocycles. The maximum atomic E-state index is 2.51. The SMILES string of the molecule is [CH3][Sn]([CH3])([CH3])[CH2]c1ccc(CCc2ccc([CH2][Sn]([CH3])([CH3])[CH3])cc2)cc1. The monoisotopic (exact) mass is 538 g/mol. The van der Waals surface area contributed by atoms with Gasteiger partial charge in [-0.1, -0.05) is 0 Å². The number of hydrogen-bond acceptors (Lipinski definition) is 0. The Balaban J connectivity index is 1.89. The second-order valence-corrected chi connectivity index (χ2v) is 40.9. The molecule has 0 saturated carbocycles. The van der Waals surface area contributed by atoms with Gasteiger partial charge in [0.05, 0.1) is 0 Å². The van der Waals surface area contributed by atoms with E-state index in [1.807, 2.05) is 0 Å². The number of aryl methyl sites for hydroxylation is 2. The third-order valence-corrected chi connectivity index (χ3v) is 12.6. The van der Waals surface area contributed by atoms with Crippen molar-refractivity contribution >= 4 is 36.8 Å². The first-order valence-corrected chi connectivity index (χ1v) is 30.4. The standard InChI is InChI=1S/C16H16.6CH3.2Sn/c1-13-3-7-15(8-4-13)11-12-16-9-5-14(2)6-10-16;;;;;;;;/h3-10H,1-2,11-12H2;6*1H3;;. The van der Waals surface area contributed by atoms with Crippen molar-refractivity contribution in [1.29, 1.82) is 0 Å². The summed E-state index contributed by atoms with van der Waals surface area (Å²) in [7, 11) is 0. The van der Waals surface area contributed by atoms with Gasteiger partial charge in [-0.05, 0) is 0 Å². The van der Waals surface area contributed by atoms with Crippen molar-refractivity contribution in [3.05, 3.63) is 70.8 Å². The molecule has 0 aliphatic rings. The molecule has 130 valence electrons. The minimum atomic E-state index is -1.70. The Morgan fingerprint density at radius 3 is 0.958 bits per heavy atom. The van der Waals surface area contributed by atoms with Crippen LogP contribution in [0.4, 0.5) is 0 Å². The van der Waals surface area contributed by atoms with E-state index in [9.17, 15) is 0 Å². The third-order valence-electron chi connectivity index (χ3n) is 4.22. The first-order chi connectivity index (χ1) is 11.1. The van der Waals surface area contributed by atoms with Crippen LogP contribution in [0.25, 0.3) is 0 Å². The van der Waals surface area contributed by atoms with Gasteiger partial charge in [-0.15, -0.1) is 0 Å². The molecule has 2 aromatic rings. The molecule has 0 N–H and O–H groups in total. The van der Waals surface area contributed by atoms with Gasteiger partial charge in [-0.2, -0.15) is 0 Å². The summed E-state index contributed by atoms with van der Waals surface area (Å²) < 4.78 is 2.71. The molecule has 2 aromatic carbocycles. The maximum absolute atomic E-state index is 2.51. The number of hydrogen-bond donors (Lipinski definition) is 0. The van der Waals surface area contributed by atoms with E-state index < -0.39 is 36.8 Å². The van der Waals surface area contributed by atoms with E-state index in [1.165, 1.54) is 20.0 Å². The van der Waals surface area contributed by atoms with Crippen LogP contribution in [-0.2, 0) is 21.7 Å². The summed E-state index contributed by atoms with van der Waals surface area (Å²) in [6.45, 7) is 0. The van der Waals surface area contributed by atoms with Crippen molar-refractivity contribution in [2.24, 2.45) is 0 Å². The minimum absolute atomic E-state index is 1.15. The molecule has 2 rings (SSSR count). The van der Waals surface area contributed by atoms with E-state index >= 15 is 0 Å². The van der Waals surface area contributed by atoms with E-state index in [4.69, 9.17) is 0 Å². The first-order valence-electron chi connectivity index (χ1n) is 9.26. The van der Waals surface area contributed by atoms with Crippen molar-refractivity contribution in [2.75, 3.05) is 0 Å². The van der Waals surface area contributed by atoms with Crippen LogP contribution < -0.4 is 0 Å². The molecule has 2 heteroatoms. The Labute approximate surface area is 157 Å². The normalized spacial score (nSPS) is 12.4. The molecule has 0 aliphatic heterocycles. The van der Waals surface area contributed by atoms with Crippen LogP contribution in [0.2, 0.25) is 29.6 Å². The van der Waals surface area contributed by atoms with Crippen molar-refractivity contribution in [2.45, 2.75) is 51.4 Å². The summed E-state index contributed by atoms with van der Waals surface area (Å²) in [4.78, 5) is 15.1. The molecule has 0 spiro atoms. The van der Waals surface area contributed by atoms with Gasteiger partial charge < -0.3 is 0 Å². The van der Waals surface area contributed by atoms with Gasteiger partial charge in [-0.3, -0.25) is 0 Å². The first kappa shape index (κ1) is 20.4. The van der Waals surface area contributed by atoms with Crippen LogP contribution >= 0.6 is 0 Å². The van der Waals surface area contributed by atoms with Crippen LogP contribution in [0.3, 0.4) is 0 Å². The Hall–Kier alpha value is 0.0374. The zero-order valence-corrected chi connectivity index (χ0v) is 22.2. The predicted octanol–water partition coefficient (Wildman–Crippen LogP) is 6.31. The van der Waals surface area contributed by atoms with Crippen LogP contribution in [0.1, 0.15) is 22.3 Å². The van der Waals surface area contributed by atoms with Gasteiger partial charge in [0.25, 0.3) is 0 Å². The predicted molar refractivity (Wildman–Crippen MR) is 114 cm³/mol. The van der Waals surface area contributed by atoms with E-state index in [2.05, 4.69) is 78.2 Å². The molecule has 0 aromatic heterocycles. The Morgan fingerprint density at radius 2 is 0.708 bits per heavy atom. The van der Waals surface area contributed by atoms with Crippen molar-refractivity contribution < 1.29 is 0 Å². The summed E-state index contributed by atoms with van der Waals surface area (Å²) in [5.41, 5.74) is 6.02. The quantitative estimate of drug-likeness (QED) is 0.364. The van der Waals surface area contributed by atoms with Crippen molar-refractivity contribution in [3.8, 4) is 0 Å². The molecule has 0 unspecified atom stereocenters. The summed E-state index contributed by atoms with van der Waals surface area (Å²) >= 11 is -3.41. The van der Waals surface area contributed by atoms with E-state index in [1.54, 1.807) is 11.1 Å². The van der Waals surface area contributed by atoms with Gasteiger partial charge >= 0.3 is 159 Å². The van der Waals surface area contributed by atoms with E-state index in [0.29, 0.717) is 0 Å². The van der Waals surface area contributed by atoms with Crippen molar-refractivity contribution in [3.63, 3.8) is 0 Å². The molecule has 0 fully saturated rings. The molecule has 0 amide bonds. The summed E-state index contributed by atoms with van der Waals surface area (Å²) in [6.07, 6.45) is 2.30. The molecule has 0 heterocycles. The van der Waals surface area contributed by atoms with Gasteiger partial charge in [0, 0.05) is 0 Å². The van der Waals surface area contributed by atoms with E-state index in [0.717, 1.165) is 12.8 Å². The van der Waals surface area contributed by atoms with Crippen LogP contribution in [-0.4, -0.2) is 36.8 Å². The second-order valence-electron chi connectivity index (χ2n) is 9.61. The Bertz CT molecular complexity index is 566. The van der Waals surface area contributed by atoms with Gasteiger partial charge in [-0.25, -0.2) is 0 Å². The molecule has 0 nitrogen and oxygen atoms in total. The molecule has 0 saturated heterocycles. The molecule has 0 radical (unpaired) electrons. The Kier molecular flexibility index (Phi) is 7.30. The number of benzene rings is 2. The van der Waals surface area contributed by atoms with Crippen molar-refractivity contribution in [1.82, 2.24) is 0 Å². The van der Waals surface area contributed by atoms with Crippen LogP contribution in [0, 0.1) is 0 Å². The zero-order valence-electron chi connectivity index (χ0n) is 16.4. The van der Waals surface area contributed by atoms with Crippen LogP contribution in [0.15, 0.2) is 48.5 Å². The molecule has 24 heavy (non-hydrogen) atoms.